The lowest BCUT2D eigenvalue weighted by molar-refractivity contribution is -0.116. The standard InChI is InChI=1S/C22H22ClN3O4S/c1-15-17-6-2-3-7-18(17)22(28)26(15)13-10-21(27)24-16-8-9-19(23)20(14-16)31(29,30)25-11-4-5-12-25/h2-3,6-9,14H,1,4-5,10-13H2,(H,24,27). The number of rotatable bonds is 6. The second kappa shape index (κ2) is 8.45. The summed E-state index contributed by atoms with van der Waals surface area (Å²) in [6, 6.07) is 11.6. The number of hydrogen-bond donors (Lipinski definition) is 1. The van der Waals surface area contributed by atoms with Crippen molar-refractivity contribution in [2.75, 3.05) is 25.0 Å². The van der Waals surface area contributed by atoms with E-state index in [0.29, 0.717) is 30.0 Å². The van der Waals surface area contributed by atoms with E-state index >= 15 is 0 Å². The van der Waals surface area contributed by atoms with Crippen molar-refractivity contribution in [3.8, 4) is 0 Å². The Balaban J connectivity index is 1.43. The molecule has 0 aromatic heterocycles. The fraction of sp³-hybridized carbons (Fsp3) is 0.273. The van der Waals surface area contributed by atoms with Gasteiger partial charge < -0.3 is 10.2 Å². The zero-order chi connectivity index (χ0) is 22.2. The van der Waals surface area contributed by atoms with Crippen molar-refractivity contribution in [1.82, 2.24) is 9.21 Å². The van der Waals surface area contributed by atoms with E-state index in [9.17, 15) is 18.0 Å². The molecule has 31 heavy (non-hydrogen) atoms. The van der Waals surface area contributed by atoms with Crippen LogP contribution in [0.5, 0.6) is 0 Å². The van der Waals surface area contributed by atoms with Gasteiger partial charge in [-0.15, -0.1) is 0 Å². The zero-order valence-electron chi connectivity index (χ0n) is 16.8. The van der Waals surface area contributed by atoms with Crippen molar-refractivity contribution < 1.29 is 18.0 Å². The number of nitrogens with zero attached hydrogens (tertiary/aromatic N) is 2. The lowest BCUT2D eigenvalue weighted by atomic mass is 10.1. The molecule has 2 aromatic carbocycles. The molecule has 2 aromatic rings. The third-order valence-electron chi connectivity index (χ3n) is 5.50. The summed E-state index contributed by atoms with van der Waals surface area (Å²) in [5.41, 5.74) is 2.24. The fourth-order valence-electron chi connectivity index (χ4n) is 3.85. The van der Waals surface area contributed by atoms with Crippen LogP contribution in [-0.2, 0) is 14.8 Å². The molecule has 0 aliphatic carbocycles. The second-order valence-electron chi connectivity index (χ2n) is 7.50. The molecule has 0 radical (unpaired) electrons. The molecule has 2 aliphatic heterocycles. The Bertz CT molecular complexity index is 1140. The Hall–Kier alpha value is -2.68. The number of benzene rings is 2. The number of carbonyl (C=O) groups is 2. The van der Waals surface area contributed by atoms with Crippen LogP contribution < -0.4 is 5.32 Å². The number of fused-ring (bicyclic) bond motifs is 1. The number of nitrogens with one attached hydrogen (secondary N) is 1. The van der Waals surface area contributed by atoms with Gasteiger partial charge in [0.05, 0.1) is 5.02 Å². The summed E-state index contributed by atoms with van der Waals surface area (Å²) >= 11 is 6.15. The molecule has 4 rings (SSSR count). The Kier molecular flexibility index (Phi) is 5.88. The molecule has 2 heterocycles. The van der Waals surface area contributed by atoms with Crippen LogP contribution in [0.4, 0.5) is 5.69 Å². The van der Waals surface area contributed by atoms with E-state index in [1.165, 1.54) is 21.3 Å². The van der Waals surface area contributed by atoms with Gasteiger partial charge in [-0.05, 0) is 37.1 Å². The lowest BCUT2D eigenvalue weighted by Gasteiger charge is -2.18. The molecular weight excluding hydrogens is 438 g/mol. The predicted octanol–water partition coefficient (Wildman–Crippen LogP) is 3.58. The van der Waals surface area contributed by atoms with Gasteiger partial charge in [-0.1, -0.05) is 36.4 Å². The molecule has 0 bridgehead atoms. The van der Waals surface area contributed by atoms with Crippen LogP contribution in [0.15, 0.2) is 53.9 Å². The highest BCUT2D eigenvalue weighted by atomic mass is 35.5. The largest absolute Gasteiger partial charge is 0.326 e. The first-order valence-electron chi connectivity index (χ1n) is 9.99. The quantitative estimate of drug-likeness (QED) is 0.715. The Morgan fingerprint density at radius 1 is 1.10 bits per heavy atom. The maximum Gasteiger partial charge on any atom is 0.258 e. The van der Waals surface area contributed by atoms with E-state index < -0.39 is 10.0 Å². The lowest BCUT2D eigenvalue weighted by Crippen LogP contribution is -2.28. The van der Waals surface area contributed by atoms with Gasteiger partial charge in [-0.2, -0.15) is 4.31 Å². The zero-order valence-corrected chi connectivity index (χ0v) is 18.4. The molecule has 162 valence electrons. The van der Waals surface area contributed by atoms with Crippen LogP contribution in [0.2, 0.25) is 5.02 Å². The molecule has 9 heteroatoms. The summed E-state index contributed by atoms with van der Waals surface area (Å²) in [4.78, 5) is 26.5. The molecule has 1 fully saturated rings. The Morgan fingerprint density at radius 2 is 1.77 bits per heavy atom. The van der Waals surface area contributed by atoms with Crippen LogP contribution in [0.3, 0.4) is 0 Å². The van der Waals surface area contributed by atoms with Gasteiger partial charge in [0.1, 0.15) is 4.90 Å². The van der Waals surface area contributed by atoms with E-state index in [1.54, 1.807) is 18.2 Å². The van der Waals surface area contributed by atoms with E-state index in [2.05, 4.69) is 11.9 Å². The maximum absolute atomic E-state index is 12.8. The summed E-state index contributed by atoms with van der Waals surface area (Å²) in [6.45, 7) is 5.06. The Labute approximate surface area is 186 Å². The third kappa shape index (κ3) is 4.11. The van der Waals surface area contributed by atoms with Crippen molar-refractivity contribution in [2.24, 2.45) is 0 Å². The summed E-state index contributed by atoms with van der Waals surface area (Å²) in [7, 11) is -3.71. The minimum absolute atomic E-state index is 0.0209. The average Bonchev–Trinajstić information content (AvgIpc) is 3.37. The van der Waals surface area contributed by atoms with Crippen LogP contribution in [0, 0.1) is 0 Å². The normalized spacial score (nSPS) is 16.6. The molecule has 2 amide bonds. The molecule has 1 N–H and O–H groups in total. The molecule has 0 unspecified atom stereocenters. The monoisotopic (exact) mass is 459 g/mol. The molecule has 1 saturated heterocycles. The molecule has 7 nitrogen and oxygen atoms in total. The van der Waals surface area contributed by atoms with Crippen molar-refractivity contribution in [3.05, 3.63) is 65.2 Å². The van der Waals surface area contributed by atoms with Crippen molar-refractivity contribution in [2.45, 2.75) is 24.2 Å². The van der Waals surface area contributed by atoms with E-state index in [0.717, 1.165) is 18.4 Å². The highest BCUT2D eigenvalue weighted by molar-refractivity contribution is 7.89. The first-order valence-corrected chi connectivity index (χ1v) is 11.8. The van der Waals surface area contributed by atoms with Gasteiger partial charge in [0.15, 0.2) is 0 Å². The highest BCUT2D eigenvalue weighted by Crippen LogP contribution is 2.32. The maximum atomic E-state index is 12.8. The van der Waals surface area contributed by atoms with Crippen molar-refractivity contribution >= 4 is 44.8 Å². The molecule has 0 atom stereocenters. The number of sulfonamides is 1. The van der Waals surface area contributed by atoms with Gasteiger partial charge in [0.25, 0.3) is 5.91 Å². The van der Waals surface area contributed by atoms with Crippen LogP contribution >= 0.6 is 11.6 Å². The number of hydrogen-bond acceptors (Lipinski definition) is 4. The first-order chi connectivity index (χ1) is 14.8. The average molecular weight is 460 g/mol. The fourth-order valence-corrected chi connectivity index (χ4v) is 5.87. The van der Waals surface area contributed by atoms with Gasteiger partial charge in [-0.25, -0.2) is 8.42 Å². The van der Waals surface area contributed by atoms with E-state index in [1.807, 2.05) is 12.1 Å². The van der Waals surface area contributed by atoms with Gasteiger partial charge >= 0.3 is 0 Å². The van der Waals surface area contributed by atoms with Gasteiger partial charge in [-0.3, -0.25) is 9.59 Å². The topological polar surface area (TPSA) is 86.8 Å². The van der Waals surface area contributed by atoms with E-state index in [-0.39, 0.29) is 34.7 Å². The Morgan fingerprint density at radius 3 is 2.45 bits per heavy atom. The van der Waals surface area contributed by atoms with Crippen LogP contribution in [0.1, 0.15) is 35.2 Å². The summed E-state index contributed by atoms with van der Waals surface area (Å²) < 4.78 is 27.1. The smallest absolute Gasteiger partial charge is 0.258 e. The van der Waals surface area contributed by atoms with Gasteiger partial charge in [0.2, 0.25) is 15.9 Å². The second-order valence-corrected chi connectivity index (χ2v) is 9.82. The van der Waals surface area contributed by atoms with Gasteiger partial charge in [0, 0.05) is 48.6 Å². The third-order valence-corrected chi connectivity index (χ3v) is 7.88. The van der Waals surface area contributed by atoms with Crippen LogP contribution in [0.25, 0.3) is 5.70 Å². The predicted molar refractivity (Wildman–Crippen MR) is 119 cm³/mol. The molecule has 0 saturated carbocycles. The van der Waals surface area contributed by atoms with Crippen LogP contribution in [-0.4, -0.2) is 49.1 Å². The minimum Gasteiger partial charge on any atom is -0.326 e. The number of amides is 2. The summed E-state index contributed by atoms with van der Waals surface area (Å²) in [6.07, 6.45) is 1.67. The minimum atomic E-state index is -3.71. The highest BCUT2D eigenvalue weighted by Gasteiger charge is 2.31. The van der Waals surface area contributed by atoms with E-state index in [4.69, 9.17) is 11.6 Å². The summed E-state index contributed by atoms with van der Waals surface area (Å²) in [5.74, 6) is -0.526. The SMILES string of the molecule is C=C1c2ccccc2C(=O)N1CCC(=O)Nc1ccc(Cl)c(S(=O)(=O)N2CCCC2)c1. The molecule has 0 spiro atoms. The summed E-state index contributed by atoms with van der Waals surface area (Å²) in [5, 5.41) is 2.81. The van der Waals surface area contributed by atoms with Crippen molar-refractivity contribution in [1.29, 1.82) is 0 Å². The number of halogens is 1. The van der Waals surface area contributed by atoms with Crippen molar-refractivity contribution in [3.63, 3.8) is 0 Å². The number of anilines is 1. The first kappa shape index (κ1) is 21.5. The molecular formula is C22H22ClN3O4S. The number of carbonyl (C=O) groups excluding carboxylic acids is 2. The molecule has 2 aliphatic rings.